The summed E-state index contributed by atoms with van der Waals surface area (Å²) in [5, 5.41) is 5.20. The first kappa shape index (κ1) is 10.6. The monoisotopic (exact) mass is 197 g/mol. The first-order valence-electron chi connectivity index (χ1n) is 4.36. The largest absolute Gasteiger partial charge is 0.467 e. The van der Waals surface area contributed by atoms with Crippen molar-refractivity contribution in [2.75, 3.05) is 13.6 Å². The second kappa shape index (κ2) is 4.15. The van der Waals surface area contributed by atoms with E-state index in [0.29, 0.717) is 5.76 Å². The number of nitrogens with two attached hydrogens (primary N) is 1. The van der Waals surface area contributed by atoms with Gasteiger partial charge in [-0.1, -0.05) is 0 Å². The number of rotatable bonds is 3. The van der Waals surface area contributed by atoms with Crippen molar-refractivity contribution in [2.45, 2.75) is 12.5 Å². The summed E-state index contributed by atoms with van der Waals surface area (Å²) >= 11 is 0. The molecule has 0 fully saturated rings. The van der Waals surface area contributed by atoms with Crippen LogP contribution in [0.3, 0.4) is 0 Å². The lowest BCUT2D eigenvalue weighted by molar-refractivity contribution is 0.223. The molecule has 2 amide bonds. The highest BCUT2D eigenvalue weighted by atomic mass is 16.3. The van der Waals surface area contributed by atoms with Crippen molar-refractivity contribution >= 4 is 6.03 Å². The molecule has 1 unspecified atom stereocenters. The van der Waals surface area contributed by atoms with Crippen LogP contribution >= 0.6 is 0 Å². The smallest absolute Gasteiger partial charge is 0.315 e. The van der Waals surface area contributed by atoms with Gasteiger partial charge in [-0.25, -0.2) is 4.79 Å². The van der Waals surface area contributed by atoms with Crippen LogP contribution in [0.2, 0.25) is 0 Å². The number of carbonyl (C=O) groups excluding carboxylic acids is 1. The summed E-state index contributed by atoms with van der Waals surface area (Å²) in [6.07, 6.45) is 1.55. The van der Waals surface area contributed by atoms with E-state index in [0.717, 1.165) is 0 Å². The average molecular weight is 197 g/mol. The van der Waals surface area contributed by atoms with Crippen LogP contribution in [-0.2, 0) is 5.54 Å². The van der Waals surface area contributed by atoms with Gasteiger partial charge in [0.15, 0.2) is 0 Å². The maximum Gasteiger partial charge on any atom is 0.315 e. The van der Waals surface area contributed by atoms with E-state index in [-0.39, 0.29) is 12.6 Å². The van der Waals surface area contributed by atoms with E-state index in [1.807, 2.05) is 0 Å². The average Bonchev–Trinajstić information content (AvgIpc) is 2.70. The first-order valence-corrected chi connectivity index (χ1v) is 4.36. The normalized spacial score (nSPS) is 14.5. The van der Waals surface area contributed by atoms with E-state index in [9.17, 15) is 4.79 Å². The minimum absolute atomic E-state index is 0.272. The quantitative estimate of drug-likeness (QED) is 0.655. The van der Waals surface area contributed by atoms with E-state index in [2.05, 4.69) is 10.6 Å². The van der Waals surface area contributed by atoms with Crippen molar-refractivity contribution < 1.29 is 9.21 Å². The zero-order valence-electron chi connectivity index (χ0n) is 8.33. The summed E-state index contributed by atoms with van der Waals surface area (Å²) in [6, 6.07) is 3.26. The van der Waals surface area contributed by atoms with Gasteiger partial charge in [0.1, 0.15) is 11.3 Å². The zero-order valence-corrected chi connectivity index (χ0v) is 8.33. The highest BCUT2D eigenvalue weighted by Crippen LogP contribution is 2.19. The Morgan fingerprint density at radius 3 is 2.86 bits per heavy atom. The van der Waals surface area contributed by atoms with E-state index in [1.54, 1.807) is 32.4 Å². The van der Waals surface area contributed by atoms with Crippen molar-refractivity contribution in [3.05, 3.63) is 24.2 Å². The molecule has 4 N–H and O–H groups in total. The van der Waals surface area contributed by atoms with Gasteiger partial charge in [-0.15, -0.1) is 0 Å². The van der Waals surface area contributed by atoms with Gasteiger partial charge < -0.3 is 20.8 Å². The molecule has 0 spiro atoms. The molecule has 0 radical (unpaired) electrons. The molecule has 0 aliphatic rings. The molecule has 0 aromatic carbocycles. The Kier molecular flexibility index (Phi) is 3.14. The number of nitrogens with one attached hydrogen (secondary N) is 2. The van der Waals surface area contributed by atoms with Crippen molar-refractivity contribution in [3.63, 3.8) is 0 Å². The zero-order chi connectivity index (χ0) is 10.6. The summed E-state index contributed by atoms with van der Waals surface area (Å²) in [4.78, 5) is 11.2. The summed E-state index contributed by atoms with van der Waals surface area (Å²) in [6.45, 7) is 2.08. The van der Waals surface area contributed by atoms with Gasteiger partial charge in [0, 0.05) is 13.6 Å². The lowest BCUT2D eigenvalue weighted by atomic mass is 9.99. The molecule has 0 aliphatic carbocycles. The predicted octanol–water partition coefficient (Wildman–Crippen LogP) is 0.383. The predicted molar refractivity (Wildman–Crippen MR) is 52.7 cm³/mol. The SMILES string of the molecule is CNC(=O)NC(C)(CN)c1ccco1. The molecule has 14 heavy (non-hydrogen) atoms. The second-order valence-corrected chi connectivity index (χ2v) is 3.22. The van der Waals surface area contributed by atoms with Crippen LogP contribution in [0.5, 0.6) is 0 Å². The number of hydrogen-bond acceptors (Lipinski definition) is 3. The molecule has 1 atom stereocenters. The van der Waals surface area contributed by atoms with Gasteiger partial charge in [-0.05, 0) is 19.1 Å². The van der Waals surface area contributed by atoms with Gasteiger partial charge in [-0.3, -0.25) is 0 Å². The van der Waals surface area contributed by atoms with E-state index >= 15 is 0 Å². The minimum atomic E-state index is -0.663. The van der Waals surface area contributed by atoms with Crippen LogP contribution in [0.15, 0.2) is 22.8 Å². The van der Waals surface area contributed by atoms with Gasteiger partial charge in [0.2, 0.25) is 0 Å². The summed E-state index contributed by atoms with van der Waals surface area (Å²) in [5.74, 6) is 0.642. The number of hydrogen-bond donors (Lipinski definition) is 3. The van der Waals surface area contributed by atoms with Crippen molar-refractivity contribution in [1.29, 1.82) is 0 Å². The maximum absolute atomic E-state index is 11.2. The molecular weight excluding hydrogens is 182 g/mol. The fourth-order valence-corrected chi connectivity index (χ4v) is 1.12. The molecule has 0 bridgehead atoms. The third-order valence-electron chi connectivity index (χ3n) is 2.09. The van der Waals surface area contributed by atoms with Crippen LogP contribution in [0, 0.1) is 0 Å². The number of amides is 2. The summed E-state index contributed by atoms with van der Waals surface area (Å²) < 4.78 is 5.21. The Bertz CT molecular complexity index is 297. The fraction of sp³-hybridized carbons (Fsp3) is 0.444. The van der Waals surface area contributed by atoms with Crippen LogP contribution < -0.4 is 16.4 Å². The number of carbonyl (C=O) groups is 1. The number of urea groups is 1. The standard InChI is InChI=1S/C9H15N3O2/c1-9(6-10,12-8(13)11-2)7-4-3-5-14-7/h3-5H,6,10H2,1-2H3,(H2,11,12,13). The molecule has 1 heterocycles. The minimum Gasteiger partial charge on any atom is -0.467 e. The van der Waals surface area contributed by atoms with Gasteiger partial charge in [0.25, 0.3) is 0 Å². The van der Waals surface area contributed by atoms with Crippen molar-refractivity contribution in [2.24, 2.45) is 5.73 Å². The first-order chi connectivity index (χ1) is 6.62. The van der Waals surface area contributed by atoms with Gasteiger partial charge in [-0.2, -0.15) is 0 Å². The Morgan fingerprint density at radius 2 is 2.43 bits per heavy atom. The van der Waals surface area contributed by atoms with E-state index < -0.39 is 5.54 Å². The molecule has 1 aromatic rings. The van der Waals surface area contributed by atoms with Crippen LogP contribution in [0.1, 0.15) is 12.7 Å². The topological polar surface area (TPSA) is 80.3 Å². The van der Waals surface area contributed by atoms with Crippen LogP contribution in [-0.4, -0.2) is 19.6 Å². The number of furan rings is 1. The summed E-state index contributed by atoms with van der Waals surface area (Å²) in [7, 11) is 1.55. The Morgan fingerprint density at radius 1 is 1.71 bits per heavy atom. The Hall–Kier alpha value is -1.49. The molecule has 78 valence electrons. The fourth-order valence-electron chi connectivity index (χ4n) is 1.12. The second-order valence-electron chi connectivity index (χ2n) is 3.22. The Labute approximate surface area is 82.7 Å². The van der Waals surface area contributed by atoms with Crippen molar-refractivity contribution in [3.8, 4) is 0 Å². The molecule has 1 rings (SSSR count). The van der Waals surface area contributed by atoms with E-state index in [4.69, 9.17) is 10.2 Å². The maximum atomic E-state index is 11.2. The molecule has 5 heteroatoms. The van der Waals surface area contributed by atoms with Crippen molar-refractivity contribution in [1.82, 2.24) is 10.6 Å². The van der Waals surface area contributed by atoms with Crippen LogP contribution in [0.4, 0.5) is 4.79 Å². The Balaban J connectivity index is 2.82. The molecular formula is C9H15N3O2. The molecule has 5 nitrogen and oxygen atoms in total. The van der Waals surface area contributed by atoms with Gasteiger partial charge in [0.05, 0.1) is 6.26 Å². The molecule has 0 saturated carbocycles. The summed E-state index contributed by atoms with van der Waals surface area (Å²) in [5.41, 5.74) is 4.94. The van der Waals surface area contributed by atoms with E-state index in [1.165, 1.54) is 0 Å². The molecule has 1 aromatic heterocycles. The molecule has 0 aliphatic heterocycles. The van der Waals surface area contributed by atoms with Gasteiger partial charge >= 0.3 is 6.03 Å². The third-order valence-corrected chi connectivity index (χ3v) is 2.09. The van der Waals surface area contributed by atoms with Crippen LogP contribution in [0.25, 0.3) is 0 Å². The molecule has 0 saturated heterocycles. The highest BCUT2D eigenvalue weighted by molar-refractivity contribution is 5.74. The highest BCUT2D eigenvalue weighted by Gasteiger charge is 2.29. The lowest BCUT2D eigenvalue weighted by Gasteiger charge is -2.26. The third kappa shape index (κ3) is 2.05. The lowest BCUT2D eigenvalue weighted by Crippen LogP contribution is -2.51.